The van der Waals surface area contributed by atoms with Crippen LogP contribution in [-0.4, -0.2) is 42.1 Å². The van der Waals surface area contributed by atoms with Gasteiger partial charge < -0.3 is 9.80 Å². The minimum Gasteiger partial charge on any atom is -0.352 e. The zero-order chi connectivity index (χ0) is 9.59. The van der Waals surface area contributed by atoms with Gasteiger partial charge in [-0.25, -0.2) is 0 Å². The molecule has 0 radical (unpaired) electrons. The molecule has 0 saturated carbocycles. The Labute approximate surface area is 76.1 Å². The molecule has 0 aromatic carbocycles. The monoisotopic (exact) mass is 178 g/mol. The molecule has 68 valence electrons. The van der Waals surface area contributed by atoms with Gasteiger partial charge in [0.25, 0.3) is 0 Å². The lowest BCUT2D eigenvalue weighted by molar-refractivity contribution is -0.116. The summed E-state index contributed by atoms with van der Waals surface area (Å²) in [5.74, 6) is -0.164. The second-order valence-electron chi connectivity index (χ2n) is 3.30. The zero-order valence-electron chi connectivity index (χ0n) is 7.57. The number of ketones is 2. The zero-order valence-corrected chi connectivity index (χ0v) is 7.57. The number of rotatable bonds is 0. The third-order valence-corrected chi connectivity index (χ3v) is 2.26. The van der Waals surface area contributed by atoms with E-state index in [2.05, 4.69) is 0 Å². The molecule has 0 amide bonds. The number of carbonyl (C=O) groups excluding carboxylic acids is 2. The molecule has 0 N–H and O–H groups in total. The van der Waals surface area contributed by atoms with Crippen molar-refractivity contribution in [2.24, 2.45) is 0 Å². The maximum Gasteiger partial charge on any atom is 0.204 e. The van der Waals surface area contributed by atoms with Gasteiger partial charge >= 0.3 is 0 Å². The number of hydrogen-bond acceptors (Lipinski definition) is 4. The SMILES string of the molecule is CN1CN(C)C2=C1C(=O)C=CC2=O. The summed E-state index contributed by atoms with van der Waals surface area (Å²) in [5, 5.41) is 0. The van der Waals surface area contributed by atoms with Crippen LogP contribution in [-0.2, 0) is 9.59 Å². The summed E-state index contributed by atoms with van der Waals surface area (Å²) in [4.78, 5) is 26.4. The summed E-state index contributed by atoms with van der Waals surface area (Å²) >= 11 is 0. The summed E-state index contributed by atoms with van der Waals surface area (Å²) < 4.78 is 0. The average molecular weight is 178 g/mol. The second kappa shape index (κ2) is 2.45. The van der Waals surface area contributed by atoms with Crippen LogP contribution in [0.15, 0.2) is 23.5 Å². The highest BCUT2D eigenvalue weighted by Crippen LogP contribution is 2.25. The smallest absolute Gasteiger partial charge is 0.204 e. The minimum atomic E-state index is -0.0820. The Hall–Kier alpha value is -1.58. The molecule has 1 aliphatic carbocycles. The second-order valence-corrected chi connectivity index (χ2v) is 3.30. The maximum absolute atomic E-state index is 11.4. The predicted molar refractivity (Wildman–Crippen MR) is 46.6 cm³/mol. The quantitative estimate of drug-likeness (QED) is 0.479. The van der Waals surface area contributed by atoms with Crippen molar-refractivity contribution in [2.75, 3.05) is 20.8 Å². The van der Waals surface area contributed by atoms with Crippen molar-refractivity contribution in [1.29, 1.82) is 0 Å². The van der Waals surface area contributed by atoms with Gasteiger partial charge in [-0.3, -0.25) is 9.59 Å². The lowest BCUT2D eigenvalue weighted by Gasteiger charge is -2.14. The molecule has 0 saturated heterocycles. The molecule has 0 fully saturated rings. The highest BCUT2D eigenvalue weighted by molar-refractivity contribution is 6.19. The topological polar surface area (TPSA) is 40.6 Å². The lowest BCUT2D eigenvalue weighted by atomic mass is 10.1. The van der Waals surface area contributed by atoms with E-state index in [-0.39, 0.29) is 11.6 Å². The van der Waals surface area contributed by atoms with Gasteiger partial charge in [-0.15, -0.1) is 0 Å². The molecule has 2 rings (SSSR count). The van der Waals surface area contributed by atoms with Crippen molar-refractivity contribution in [1.82, 2.24) is 9.80 Å². The third kappa shape index (κ3) is 0.983. The van der Waals surface area contributed by atoms with E-state index in [1.165, 1.54) is 12.2 Å². The van der Waals surface area contributed by atoms with Crippen molar-refractivity contribution >= 4 is 11.6 Å². The molecule has 0 aromatic heterocycles. The summed E-state index contributed by atoms with van der Waals surface area (Å²) in [5.41, 5.74) is 1.05. The van der Waals surface area contributed by atoms with Crippen LogP contribution in [0.1, 0.15) is 0 Å². The Bertz CT molecular complexity index is 323. The van der Waals surface area contributed by atoms with Gasteiger partial charge in [0.2, 0.25) is 11.6 Å². The van der Waals surface area contributed by atoms with E-state index in [0.29, 0.717) is 18.1 Å². The largest absolute Gasteiger partial charge is 0.352 e. The van der Waals surface area contributed by atoms with Crippen molar-refractivity contribution < 1.29 is 9.59 Å². The maximum atomic E-state index is 11.4. The number of carbonyl (C=O) groups is 2. The molecule has 1 heterocycles. The Morgan fingerprint density at radius 1 is 1.00 bits per heavy atom. The molecule has 0 atom stereocenters. The van der Waals surface area contributed by atoms with E-state index in [1.54, 1.807) is 9.80 Å². The van der Waals surface area contributed by atoms with Gasteiger partial charge in [0.15, 0.2) is 0 Å². The van der Waals surface area contributed by atoms with Gasteiger partial charge in [-0.05, 0) is 12.2 Å². The standard InChI is InChI=1S/C9H10N2O2/c1-10-5-11(2)9-7(13)4-3-6(12)8(9)10/h3-4H,5H2,1-2H3. The molecule has 0 unspecified atom stereocenters. The van der Waals surface area contributed by atoms with Crippen LogP contribution in [0.25, 0.3) is 0 Å². The van der Waals surface area contributed by atoms with Gasteiger partial charge in [-0.1, -0.05) is 0 Å². The highest BCUT2D eigenvalue weighted by Gasteiger charge is 2.33. The Morgan fingerprint density at radius 3 is 1.77 bits per heavy atom. The van der Waals surface area contributed by atoms with E-state index >= 15 is 0 Å². The van der Waals surface area contributed by atoms with Crippen LogP contribution in [0.5, 0.6) is 0 Å². The minimum absolute atomic E-state index is 0.0820. The lowest BCUT2D eigenvalue weighted by Crippen LogP contribution is -2.22. The first-order valence-corrected chi connectivity index (χ1v) is 4.04. The first kappa shape index (κ1) is 8.04. The molecular formula is C9H10N2O2. The van der Waals surface area contributed by atoms with Gasteiger partial charge in [0, 0.05) is 14.1 Å². The highest BCUT2D eigenvalue weighted by atomic mass is 16.1. The number of likely N-dealkylation sites (N-methyl/N-ethyl adjacent to an activating group) is 2. The van der Waals surface area contributed by atoms with Crippen LogP contribution in [0.4, 0.5) is 0 Å². The fourth-order valence-corrected chi connectivity index (χ4v) is 1.74. The third-order valence-electron chi connectivity index (χ3n) is 2.26. The Kier molecular flexibility index (Phi) is 1.52. The van der Waals surface area contributed by atoms with E-state index in [0.717, 1.165) is 0 Å². The summed E-state index contributed by atoms with van der Waals surface area (Å²) in [6.45, 7) is 0.601. The van der Waals surface area contributed by atoms with Crippen molar-refractivity contribution in [3.63, 3.8) is 0 Å². The van der Waals surface area contributed by atoms with Crippen LogP contribution in [0.3, 0.4) is 0 Å². The van der Waals surface area contributed by atoms with E-state index < -0.39 is 0 Å². The van der Waals surface area contributed by atoms with Gasteiger partial charge in [0.05, 0.1) is 6.67 Å². The summed E-state index contributed by atoms with van der Waals surface area (Å²) in [7, 11) is 3.62. The summed E-state index contributed by atoms with van der Waals surface area (Å²) in [6.07, 6.45) is 2.66. The van der Waals surface area contributed by atoms with Gasteiger partial charge in [0.1, 0.15) is 11.4 Å². The van der Waals surface area contributed by atoms with E-state index in [9.17, 15) is 9.59 Å². The number of nitrogens with zero attached hydrogens (tertiary/aromatic N) is 2. The Balaban J connectivity index is 2.52. The normalized spacial score (nSPS) is 21.7. The molecule has 0 bridgehead atoms. The molecule has 0 aromatic rings. The van der Waals surface area contributed by atoms with Crippen molar-refractivity contribution in [3.8, 4) is 0 Å². The van der Waals surface area contributed by atoms with Crippen LogP contribution >= 0.6 is 0 Å². The van der Waals surface area contributed by atoms with E-state index in [1.807, 2.05) is 14.1 Å². The number of allylic oxidation sites excluding steroid dienone is 2. The molecule has 2 aliphatic rings. The van der Waals surface area contributed by atoms with Crippen molar-refractivity contribution in [2.45, 2.75) is 0 Å². The molecule has 4 nitrogen and oxygen atoms in total. The molecule has 13 heavy (non-hydrogen) atoms. The van der Waals surface area contributed by atoms with Crippen LogP contribution in [0.2, 0.25) is 0 Å². The Morgan fingerprint density at radius 2 is 1.38 bits per heavy atom. The molecular weight excluding hydrogens is 168 g/mol. The average Bonchev–Trinajstić information content (AvgIpc) is 2.36. The molecule has 4 heteroatoms. The van der Waals surface area contributed by atoms with Crippen molar-refractivity contribution in [3.05, 3.63) is 23.5 Å². The first-order chi connectivity index (χ1) is 6.11. The fraction of sp³-hybridized carbons (Fsp3) is 0.333. The predicted octanol–water partition coefficient (Wildman–Crippen LogP) is -0.259. The molecule has 0 spiro atoms. The van der Waals surface area contributed by atoms with Crippen LogP contribution < -0.4 is 0 Å². The number of hydrogen-bond donors (Lipinski definition) is 0. The fourth-order valence-electron chi connectivity index (χ4n) is 1.74. The van der Waals surface area contributed by atoms with Crippen LogP contribution in [0, 0.1) is 0 Å². The molecule has 1 aliphatic heterocycles. The van der Waals surface area contributed by atoms with Gasteiger partial charge in [-0.2, -0.15) is 0 Å². The van der Waals surface area contributed by atoms with E-state index in [4.69, 9.17) is 0 Å². The summed E-state index contributed by atoms with van der Waals surface area (Å²) in [6, 6.07) is 0. The first-order valence-electron chi connectivity index (χ1n) is 4.04.